The minimum absolute atomic E-state index is 0.507. The SMILES string of the molecule is CCn1cc([C@H]2NCC23CCNCC3)cn1. The van der Waals surface area contributed by atoms with Gasteiger partial charge in [0.25, 0.3) is 0 Å². The van der Waals surface area contributed by atoms with Gasteiger partial charge in [-0.25, -0.2) is 0 Å². The van der Waals surface area contributed by atoms with Crippen molar-refractivity contribution in [3.05, 3.63) is 18.0 Å². The lowest BCUT2D eigenvalue weighted by Gasteiger charge is -2.52. The largest absolute Gasteiger partial charge is 0.317 e. The second-order valence-electron chi connectivity index (χ2n) is 5.06. The lowest BCUT2D eigenvalue weighted by Crippen LogP contribution is -2.59. The molecule has 1 aromatic heterocycles. The van der Waals surface area contributed by atoms with E-state index in [9.17, 15) is 0 Å². The number of aryl methyl sites for hydroxylation is 1. The molecule has 2 saturated heterocycles. The van der Waals surface area contributed by atoms with Crippen LogP contribution in [0.25, 0.3) is 0 Å². The maximum absolute atomic E-state index is 4.38. The highest BCUT2D eigenvalue weighted by atomic mass is 15.3. The molecular formula is C12H20N4. The summed E-state index contributed by atoms with van der Waals surface area (Å²) in [6.07, 6.45) is 6.81. The number of nitrogens with one attached hydrogen (secondary N) is 2. The molecule has 2 fully saturated rings. The van der Waals surface area contributed by atoms with Gasteiger partial charge in [0, 0.05) is 36.3 Å². The topological polar surface area (TPSA) is 41.9 Å². The van der Waals surface area contributed by atoms with Crippen molar-refractivity contribution < 1.29 is 0 Å². The molecule has 88 valence electrons. The van der Waals surface area contributed by atoms with E-state index >= 15 is 0 Å². The fraction of sp³-hybridized carbons (Fsp3) is 0.750. The first-order valence-corrected chi connectivity index (χ1v) is 6.30. The third-order valence-corrected chi connectivity index (χ3v) is 4.18. The second-order valence-corrected chi connectivity index (χ2v) is 5.06. The van der Waals surface area contributed by atoms with E-state index in [-0.39, 0.29) is 0 Å². The first kappa shape index (κ1) is 10.3. The van der Waals surface area contributed by atoms with E-state index in [1.807, 2.05) is 10.9 Å². The Bertz CT molecular complexity index is 365. The van der Waals surface area contributed by atoms with Crippen LogP contribution in [0.4, 0.5) is 0 Å². The molecule has 3 heterocycles. The molecule has 2 aliphatic heterocycles. The summed E-state index contributed by atoms with van der Waals surface area (Å²) < 4.78 is 2.02. The van der Waals surface area contributed by atoms with Crippen LogP contribution in [0.1, 0.15) is 31.4 Å². The van der Waals surface area contributed by atoms with Crippen LogP contribution >= 0.6 is 0 Å². The molecule has 0 aromatic carbocycles. The van der Waals surface area contributed by atoms with E-state index in [1.165, 1.54) is 38.0 Å². The summed E-state index contributed by atoms with van der Waals surface area (Å²) in [5.41, 5.74) is 1.88. The molecule has 0 radical (unpaired) electrons. The van der Waals surface area contributed by atoms with E-state index in [1.54, 1.807) is 0 Å². The van der Waals surface area contributed by atoms with Crippen molar-refractivity contribution in [2.45, 2.75) is 32.4 Å². The zero-order chi connectivity index (χ0) is 11.0. The fourth-order valence-electron chi connectivity index (χ4n) is 3.06. The summed E-state index contributed by atoms with van der Waals surface area (Å²) in [5.74, 6) is 0. The fourth-order valence-corrected chi connectivity index (χ4v) is 3.06. The van der Waals surface area contributed by atoms with Gasteiger partial charge in [-0.3, -0.25) is 4.68 Å². The molecule has 4 nitrogen and oxygen atoms in total. The van der Waals surface area contributed by atoms with Crippen molar-refractivity contribution >= 4 is 0 Å². The van der Waals surface area contributed by atoms with Gasteiger partial charge in [-0.2, -0.15) is 5.10 Å². The van der Waals surface area contributed by atoms with E-state index in [0.717, 1.165) is 6.54 Å². The van der Waals surface area contributed by atoms with Crippen LogP contribution < -0.4 is 10.6 Å². The summed E-state index contributed by atoms with van der Waals surface area (Å²) in [5, 5.41) is 11.4. The zero-order valence-corrected chi connectivity index (χ0v) is 9.87. The van der Waals surface area contributed by atoms with E-state index in [4.69, 9.17) is 0 Å². The molecule has 4 heteroatoms. The predicted octanol–water partition coefficient (Wildman–Crippen LogP) is 0.917. The van der Waals surface area contributed by atoms with Crippen molar-refractivity contribution in [1.29, 1.82) is 0 Å². The molecule has 1 atom stereocenters. The number of hydrogen-bond donors (Lipinski definition) is 2. The molecule has 1 spiro atoms. The molecule has 1 aromatic rings. The van der Waals surface area contributed by atoms with Crippen LogP contribution in [0, 0.1) is 5.41 Å². The third-order valence-electron chi connectivity index (χ3n) is 4.18. The lowest BCUT2D eigenvalue weighted by atomic mass is 9.65. The second kappa shape index (κ2) is 3.86. The van der Waals surface area contributed by atoms with Crippen molar-refractivity contribution in [3.63, 3.8) is 0 Å². The van der Waals surface area contributed by atoms with Gasteiger partial charge in [0.1, 0.15) is 0 Å². The van der Waals surface area contributed by atoms with Gasteiger partial charge in [0.2, 0.25) is 0 Å². The molecule has 0 aliphatic carbocycles. The van der Waals surface area contributed by atoms with Gasteiger partial charge in [-0.15, -0.1) is 0 Å². The van der Waals surface area contributed by atoms with Crippen LogP contribution in [0.5, 0.6) is 0 Å². The highest BCUT2D eigenvalue weighted by Crippen LogP contribution is 2.47. The Morgan fingerprint density at radius 3 is 2.88 bits per heavy atom. The average Bonchev–Trinajstić information content (AvgIpc) is 2.77. The normalized spacial score (nSPS) is 27.9. The Balaban J connectivity index is 1.79. The number of piperidine rings is 1. The van der Waals surface area contributed by atoms with Crippen molar-refractivity contribution in [2.75, 3.05) is 19.6 Å². The first-order valence-electron chi connectivity index (χ1n) is 6.30. The predicted molar refractivity (Wildman–Crippen MR) is 63.2 cm³/mol. The van der Waals surface area contributed by atoms with Crippen LogP contribution in [-0.2, 0) is 6.54 Å². The highest BCUT2D eigenvalue weighted by Gasteiger charge is 2.47. The number of rotatable bonds is 2. The maximum atomic E-state index is 4.38. The third kappa shape index (κ3) is 1.48. The average molecular weight is 220 g/mol. The van der Waals surface area contributed by atoms with Crippen LogP contribution in [-0.4, -0.2) is 29.4 Å². The van der Waals surface area contributed by atoms with E-state index in [2.05, 4.69) is 28.9 Å². The van der Waals surface area contributed by atoms with E-state index < -0.39 is 0 Å². The van der Waals surface area contributed by atoms with Gasteiger partial charge < -0.3 is 10.6 Å². The van der Waals surface area contributed by atoms with Gasteiger partial charge in [-0.05, 0) is 32.9 Å². The lowest BCUT2D eigenvalue weighted by molar-refractivity contribution is 0.0436. The summed E-state index contributed by atoms with van der Waals surface area (Å²) >= 11 is 0. The molecule has 16 heavy (non-hydrogen) atoms. The Hall–Kier alpha value is -0.870. The minimum Gasteiger partial charge on any atom is -0.317 e. The summed E-state index contributed by atoms with van der Waals surface area (Å²) in [4.78, 5) is 0. The minimum atomic E-state index is 0.507. The Morgan fingerprint density at radius 1 is 1.50 bits per heavy atom. The van der Waals surface area contributed by atoms with Gasteiger partial charge >= 0.3 is 0 Å². The van der Waals surface area contributed by atoms with Gasteiger partial charge in [0.05, 0.1) is 6.20 Å². The molecule has 2 aliphatic rings. The monoisotopic (exact) mass is 220 g/mol. The Morgan fingerprint density at radius 2 is 2.31 bits per heavy atom. The van der Waals surface area contributed by atoms with Crippen molar-refractivity contribution in [2.24, 2.45) is 5.41 Å². The molecule has 2 N–H and O–H groups in total. The number of hydrogen-bond acceptors (Lipinski definition) is 3. The highest BCUT2D eigenvalue weighted by molar-refractivity contribution is 5.20. The molecule has 0 saturated carbocycles. The smallest absolute Gasteiger partial charge is 0.0537 e. The van der Waals surface area contributed by atoms with Gasteiger partial charge in [0.15, 0.2) is 0 Å². The number of aromatic nitrogens is 2. The summed E-state index contributed by atoms with van der Waals surface area (Å²) in [7, 11) is 0. The van der Waals surface area contributed by atoms with Gasteiger partial charge in [-0.1, -0.05) is 0 Å². The molecular weight excluding hydrogens is 200 g/mol. The molecule has 0 bridgehead atoms. The maximum Gasteiger partial charge on any atom is 0.0537 e. The standard InChI is InChI=1S/C12H20N4/c1-2-16-8-10(7-15-16)11-12(9-14-11)3-5-13-6-4-12/h7-8,11,13-14H,2-6,9H2,1H3/t11-/m1/s1. The van der Waals surface area contributed by atoms with Crippen molar-refractivity contribution in [1.82, 2.24) is 20.4 Å². The Kier molecular flexibility index (Phi) is 2.48. The molecule has 3 rings (SSSR count). The summed E-state index contributed by atoms with van der Waals surface area (Å²) in [6.45, 7) is 6.60. The van der Waals surface area contributed by atoms with Crippen molar-refractivity contribution in [3.8, 4) is 0 Å². The van der Waals surface area contributed by atoms with Crippen LogP contribution in [0.3, 0.4) is 0 Å². The molecule has 0 unspecified atom stereocenters. The first-order chi connectivity index (χ1) is 7.84. The zero-order valence-electron chi connectivity index (χ0n) is 9.87. The molecule has 0 amide bonds. The Labute approximate surface area is 96.4 Å². The van der Waals surface area contributed by atoms with Crippen LogP contribution in [0.2, 0.25) is 0 Å². The van der Waals surface area contributed by atoms with E-state index in [0.29, 0.717) is 11.5 Å². The number of nitrogens with zero attached hydrogens (tertiary/aromatic N) is 2. The summed E-state index contributed by atoms with van der Waals surface area (Å²) in [6, 6.07) is 0.537. The van der Waals surface area contributed by atoms with Crippen LogP contribution in [0.15, 0.2) is 12.4 Å². The quantitative estimate of drug-likeness (QED) is 0.778.